The van der Waals surface area contributed by atoms with Gasteiger partial charge in [-0.15, -0.1) is 0 Å². The van der Waals surface area contributed by atoms with Crippen LogP contribution in [0.15, 0.2) is 27.4 Å². The van der Waals surface area contributed by atoms with Crippen LogP contribution in [0.5, 0.6) is 0 Å². The van der Waals surface area contributed by atoms with Gasteiger partial charge in [0.2, 0.25) is 0 Å². The number of nitrogens with zero attached hydrogens (tertiary/aromatic N) is 1. The minimum atomic E-state index is -0.626. The van der Waals surface area contributed by atoms with Crippen LogP contribution in [-0.4, -0.2) is 22.4 Å². The summed E-state index contributed by atoms with van der Waals surface area (Å²) in [6.07, 6.45) is 3.72. The predicted octanol–water partition coefficient (Wildman–Crippen LogP) is 3.95. The number of rotatable bonds is 4. The van der Waals surface area contributed by atoms with Crippen LogP contribution in [0, 0.1) is 11.3 Å². The molecule has 0 amide bonds. The van der Waals surface area contributed by atoms with Gasteiger partial charge in [-0.25, -0.2) is 4.79 Å². The van der Waals surface area contributed by atoms with Crippen LogP contribution in [0.2, 0.25) is 0 Å². The fourth-order valence-electron chi connectivity index (χ4n) is 3.83. The van der Waals surface area contributed by atoms with Gasteiger partial charge in [0.25, 0.3) is 0 Å². The Bertz CT molecular complexity index is 907. The molecule has 0 unspecified atom stereocenters. The molecule has 0 bridgehead atoms. The Morgan fingerprint density at radius 2 is 1.85 bits per heavy atom. The van der Waals surface area contributed by atoms with Gasteiger partial charge in [0.15, 0.2) is 11.4 Å². The molecule has 0 spiro atoms. The van der Waals surface area contributed by atoms with Crippen molar-refractivity contribution in [3.8, 4) is 0 Å². The number of esters is 1. The Hall–Kier alpha value is -2.37. The average molecular weight is 373 g/mol. The van der Waals surface area contributed by atoms with Gasteiger partial charge in [0.05, 0.1) is 5.52 Å². The summed E-state index contributed by atoms with van der Waals surface area (Å²) in [4.78, 5) is 35.9. The summed E-state index contributed by atoms with van der Waals surface area (Å²) in [5.74, 6) is -0.533. The average Bonchev–Trinajstić information content (AvgIpc) is 2.89. The lowest BCUT2D eigenvalue weighted by Crippen LogP contribution is -2.32. The van der Waals surface area contributed by atoms with Crippen LogP contribution in [0.1, 0.15) is 63.7 Å². The third-order valence-corrected chi connectivity index (χ3v) is 5.56. The van der Waals surface area contributed by atoms with Crippen molar-refractivity contribution in [3.63, 3.8) is 0 Å². The van der Waals surface area contributed by atoms with Crippen molar-refractivity contribution in [2.45, 2.75) is 66.0 Å². The Kier molecular flexibility index (Phi) is 5.27. The second-order valence-corrected chi connectivity index (χ2v) is 8.52. The number of oxazole rings is 1. The monoisotopic (exact) mass is 373 g/mol. The van der Waals surface area contributed by atoms with Crippen LogP contribution < -0.4 is 5.76 Å². The summed E-state index contributed by atoms with van der Waals surface area (Å²) in [5.41, 5.74) is 1.52. The first-order chi connectivity index (χ1) is 12.6. The van der Waals surface area contributed by atoms with Gasteiger partial charge in [0.1, 0.15) is 12.6 Å². The lowest BCUT2D eigenvalue weighted by atomic mass is 9.72. The Balaban J connectivity index is 1.66. The van der Waals surface area contributed by atoms with Crippen LogP contribution in [0.4, 0.5) is 0 Å². The molecule has 0 atom stereocenters. The Labute approximate surface area is 158 Å². The van der Waals surface area contributed by atoms with Gasteiger partial charge in [-0.3, -0.25) is 14.2 Å². The van der Waals surface area contributed by atoms with Crippen molar-refractivity contribution in [1.82, 2.24) is 4.57 Å². The number of hydrogen-bond acceptors (Lipinski definition) is 5. The first-order valence-electron chi connectivity index (χ1n) is 9.49. The van der Waals surface area contributed by atoms with Gasteiger partial charge < -0.3 is 9.15 Å². The highest BCUT2D eigenvalue weighted by molar-refractivity contribution is 5.97. The fraction of sp³-hybridized carbons (Fsp3) is 0.571. The van der Waals surface area contributed by atoms with Crippen LogP contribution >= 0.6 is 0 Å². The van der Waals surface area contributed by atoms with Gasteiger partial charge in [-0.05, 0) is 62.1 Å². The number of hydrogen-bond donors (Lipinski definition) is 0. The molecule has 1 heterocycles. The molecule has 146 valence electrons. The van der Waals surface area contributed by atoms with E-state index in [1.54, 1.807) is 12.1 Å². The molecule has 0 aliphatic heterocycles. The summed E-state index contributed by atoms with van der Waals surface area (Å²) in [6, 6.07) is 4.77. The van der Waals surface area contributed by atoms with E-state index in [1.165, 1.54) is 17.6 Å². The largest absolute Gasteiger partial charge is 0.461 e. The van der Waals surface area contributed by atoms with Crippen molar-refractivity contribution in [2.75, 3.05) is 0 Å². The van der Waals surface area contributed by atoms with Crippen molar-refractivity contribution in [1.29, 1.82) is 0 Å². The number of aromatic nitrogens is 1. The Morgan fingerprint density at radius 3 is 2.44 bits per heavy atom. The molecule has 1 aliphatic rings. The van der Waals surface area contributed by atoms with Gasteiger partial charge >= 0.3 is 11.7 Å². The zero-order chi connectivity index (χ0) is 19.8. The van der Waals surface area contributed by atoms with Crippen LogP contribution in [-0.2, 0) is 16.1 Å². The molecule has 0 radical (unpaired) electrons. The highest BCUT2D eigenvalue weighted by Crippen LogP contribution is 2.38. The molecule has 1 aliphatic carbocycles. The normalized spacial score (nSPS) is 20.6. The first kappa shape index (κ1) is 19.4. The van der Waals surface area contributed by atoms with Gasteiger partial charge in [0, 0.05) is 5.56 Å². The molecule has 1 aromatic heterocycles. The molecule has 6 heteroatoms. The lowest BCUT2D eigenvalue weighted by Gasteiger charge is -2.36. The highest BCUT2D eigenvalue weighted by Gasteiger charge is 2.31. The molecule has 1 aromatic carbocycles. The molecule has 6 nitrogen and oxygen atoms in total. The van der Waals surface area contributed by atoms with E-state index in [-0.39, 0.29) is 23.8 Å². The van der Waals surface area contributed by atoms with E-state index in [9.17, 15) is 14.4 Å². The molecular formula is C21H27NO5. The minimum absolute atomic E-state index is 0.0886. The summed E-state index contributed by atoms with van der Waals surface area (Å²) >= 11 is 0. The van der Waals surface area contributed by atoms with E-state index in [0.717, 1.165) is 25.7 Å². The zero-order valence-corrected chi connectivity index (χ0v) is 16.4. The topological polar surface area (TPSA) is 78.5 Å². The summed E-state index contributed by atoms with van der Waals surface area (Å²) in [6.45, 7) is 8.00. The Morgan fingerprint density at radius 1 is 1.19 bits per heavy atom. The maximum absolute atomic E-state index is 12.4. The molecule has 0 N–H and O–H groups in total. The zero-order valence-electron chi connectivity index (χ0n) is 16.4. The van der Waals surface area contributed by atoms with Gasteiger partial charge in [-0.1, -0.05) is 20.8 Å². The molecule has 0 saturated heterocycles. The summed E-state index contributed by atoms with van der Waals surface area (Å²) < 4.78 is 12.0. The van der Waals surface area contributed by atoms with Crippen molar-refractivity contribution >= 4 is 22.9 Å². The molecule has 1 saturated carbocycles. The smallest absolute Gasteiger partial charge is 0.420 e. The standard InChI is InChI=1S/C21H27NO5/c1-13(23)14-5-10-17-18(11-14)27-20(25)22(17)12-19(24)26-16-8-6-15(7-9-16)21(2,3)4/h5,10-11,15-16H,6-9,12H2,1-4H3. The van der Waals surface area contributed by atoms with Crippen LogP contribution in [0.3, 0.4) is 0 Å². The number of Topliss-reactive ketones (excluding diaryl/α,β-unsaturated/α-hetero) is 1. The predicted molar refractivity (Wildman–Crippen MR) is 102 cm³/mol. The molecule has 2 aromatic rings. The van der Waals surface area contributed by atoms with E-state index < -0.39 is 11.7 Å². The third kappa shape index (κ3) is 4.31. The second kappa shape index (κ2) is 7.33. The first-order valence-corrected chi connectivity index (χ1v) is 9.49. The second-order valence-electron chi connectivity index (χ2n) is 8.52. The maximum atomic E-state index is 12.4. The number of carbonyl (C=O) groups excluding carboxylic acids is 2. The van der Waals surface area contributed by atoms with E-state index >= 15 is 0 Å². The number of ether oxygens (including phenoxy) is 1. The van der Waals surface area contributed by atoms with Crippen molar-refractivity contribution in [3.05, 3.63) is 34.3 Å². The highest BCUT2D eigenvalue weighted by atomic mass is 16.5. The molecule has 27 heavy (non-hydrogen) atoms. The third-order valence-electron chi connectivity index (χ3n) is 5.56. The van der Waals surface area contributed by atoms with E-state index in [4.69, 9.17) is 9.15 Å². The number of benzene rings is 1. The summed E-state index contributed by atoms with van der Waals surface area (Å²) in [5, 5.41) is 0. The number of carbonyl (C=O) groups is 2. The van der Waals surface area contributed by atoms with E-state index in [2.05, 4.69) is 20.8 Å². The van der Waals surface area contributed by atoms with E-state index in [0.29, 0.717) is 22.6 Å². The fourth-order valence-corrected chi connectivity index (χ4v) is 3.83. The van der Waals surface area contributed by atoms with Crippen molar-refractivity contribution < 1.29 is 18.7 Å². The number of fused-ring (bicyclic) bond motifs is 1. The van der Waals surface area contributed by atoms with E-state index in [1.807, 2.05) is 0 Å². The summed E-state index contributed by atoms with van der Waals surface area (Å²) in [7, 11) is 0. The molecular weight excluding hydrogens is 346 g/mol. The minimum Gasteiger partial charge on any atom is -0.461 e. The van der Waals surface area contributed by atoms with Gasteiger partial charge in [-0.2, -0.15) is 0 Å². The van der Waals surface area contributed by atoms with Crippen LogP contribution in [0.25, 0.3) is 11.1 Å². The maximum Gasteiger partial charge on any atom is 0.420 e. The number of ketones is 1. The SMILES string of the molecule is CC(=O)c1ccc2c(c1)oc(=O)n2CC(=O)OC1CCC(C(C)(C)C)CC1. The lowest BCUT2D eigenvalue weighted by molar-refractivity contribution is -0.152. The molecule has 1 fully saturated rings. The molecule has 3 rings (SSSR count). The quantitative estimate of drug-likeness (QED) is 0.599. The van der Waals surface area contributed by atoms with Crippen molar-refractivity contribution in [2.24, 2.45) is 11.3 Å².